The summed E-state index contributed by atoms with van der Waals surface area (Å²) in [4.78, 5) is 23.0. The third-order valence-electron chi connectivity index (χ3n) is 8.12. The summed E-state index contributed by atoms with van der Waals surface area (Å²) >= 11 is 0. The van der Waals surface area contributed by atoms with Gasteiger partial charge in [0.1, 0.15) is 0 Å². The van der Waals surface area contributed by atoms with E-state index in [0.717, 1.165) is 17.7 Å². The van der Waals surface area contributed by atoms with Crippen LogP contribution in [0.4, 0.5) is 8.78 Å². The molecule has 0 radical (unpaired) electrons. The quantitative estimate of drug-likeness (QED) is 0.529. The Morgan fingerprint density at radius 1 is 1.06 bits per heavy atom. The normalized spacial score (nSPS) is 25.2. The maximum absolute atomic E-state index is 13.9. The van der Waals surface area contributed by atoms with E-state index in [2.05, 4.69) is 5.10 Å². The minimum absolute atomic E-state index is 0.0702. The fourth-order valence-electron chi connectivity index (χ4n) is 5.56. The Hall–Kier alpha value is -2.72. The van der Waals surface area contributed by atoms with Crippen LogP contribution in [0.3, 0.4) is 0 Å². The van der Waals surface area contributed by atoms with Gasteiger partial charge in [-0.15, -0.1) is 0 Å². The second kappa shape index (κ2) is 8.99. The molecule has 192 valence electrons. The van der Waals surface area contributed by atoms with E-state index >= 15 is 0 Å². The molecular weight excluding hydrogens is 468 g/mol. The van der Waals surface area contributed by atoms with Crippen molar-refractivity contribution in [3.05, 3.63) is 57.2 Å². The van der Waals surface area contributed by atoms with Gasteiger partial charge in [-0.05, 0) is 39.5 Å². The van der Waals surface area contributed by atoms with Crippen LogP contribution in [0.15, 0.2) is 23.4 Å². The first-order valence-corrected chi connectivity index (χ1v) is 12.8. The minimum atomic E-state index is -2.63. The average Bonchev–Trinajstić information content (AvgIpc) is 3.31. The minimum Gasteiger partial charge on any atom is -0.377 e. The van der Waals surface area contributed by atoms with Crippen LogP contribution >= 0.6 is 0 Å². The highest BCUT2D eigenvalue weighted by Gasteiger charge is 2.37. The van der Waals surface area contributed by atoms with Crippen molar-refractivity contribution in [3.63, 3.8) is 0 Å². The molecule has 3 aliphatic rings. The number of fused-ring (bicyclic) bond motifs is 1. The number of rotatable bonds is 4. The van der Waals surface area contributed by atoms with Crippen molar-refractivity contribution >= 4 is 5.65 Å². The molecule has 10 heteroatoms. The van der Waals surface area contributed by atoms with E-state index in [1.165, 1.54) is 0 Å². The number of aromatic nitrogens is 5. The van der Waals surface area contributed by atoms with E-state index in [0.29, 0.717) is 61.7 Å². The van der Waals surface area contributed by atoms with Crippen LogP contribution in [0, 0.1) is 13.8 Å². The number of ether oxygens (including phenoxy) is 2. The summed E-state index contributed by atoms with van der Waals surface area (Å²) in [6.45, 7) is 5.50. The molecule has 0 spiro atoms. The molecule has 2 aliphatic heterocycles. The summed E-state index contributed by atoms with van der Waals surface area (Å²) in [5.74, 6) is -2.71. The zero-order chi connectivity index (χ0) is 25.0. The first kappa shape index (κ1) is 23.7. The SMILES string of the molecule is Cc1nc2c(C3CCC(F)(F)CC3)nc([C@@H]3CCO[C@H](c4cnn(C5COC5)c4)C3)cn2c(=O)c1C. The van der Waals surface area contributed by atoms with Crippen LogP contribution < -0.4 is 5.56 Å². The van der Waals surface area contributed by atoms with Crippen LogP contribution in [0.5, 0.6) is 0 Å². The van der Waals surface area contributed by atoms with Crippen molar-refractivity contribution in [1.82, 2.24) is 24.1 Å². The standard InChI is InChI=1S/C26H31F2N5O3/c1-15-16(2)30-24-23(17-3-6-26(27,28)7-4-17)31-21(12-32(24)25(15)34)18-5-8-36-22(9-18)19-10-29-33(11-19)20-13-35-14-20/h10-12,17-18,20,22H,3-9,13-14H2,1-2H3/t18-,22+/m1/s1. The predicted molar refractivity (Wildman–Crippen MR) is 128 cm³/mol. The fourth-order valence-corrected chi connectivity index (χ4v) is 5.56. The second-order valence-electron chi connectivity index (χ2n) is 10.5. The van der Waals surface area contributed by atoms with Crippen LogP contribution in [0.25, 0.3) is 5.65 Å². The highest BCUT2D eigenvalue weighted by molar-refractivity contribution is 5.48. The van der Waals surface area contributed by atoms with Gasteiger partial charge in [-0.1, -0.05) is 0 Å². The van der Waals surface area contributed by atoms with Gasteiger partial charge in [0.2, 0.25) is 5.92 Å². The summed E-state index contributed by atoms with van der Waals surface area (Å²) in [6, 6.07) is 0.275. The topological polar surface area (TPSA) is 83.5 Å². The average molecular weight is 500 g/mol. The molecule has 0 N–H and O–H groups in total. The van der Waals surface area contributed by atoms with Gasteiger partial charge in [0.25, 0.3) is 5.56 Å². The molecule has 2 atom stereocenters. The smallest absolute Gasteiger partial charge is 0.261 e. The summed E-state index contributed by atoms with van der Waals surface area (Å²) in [5, 5.41) is 4.49. The summed E-state index contributed by atoms with van der Waals surface area (Å²) in [5.41, 5.74) is 4.09. The molecule has 0 aromatic carbocycles. The van der Waals surface area contributed by atoms with E-state index < -0.39 is 5.92 Å². The van der Waals surface area contributed by atoms with Crippen molar-refractivity contribution in [3.8, 4) is 0 Å². The fraction of sp³-hybridized carbons (Fsp3) is 0.615. The first-order valence-electron chi connectivity index (χ1n) is 12.8. The second-order valence-corrected chi connectivity index (χ2v) is 10.5. The van der Waals surface area contributed by atoms with Crippen LogP contribution in [-0.2, 0) is 9.47 Å². The Morgan fingerprint density at radius 2 is 1.83 bits per heavy atom. The molecule has 1 aliphatic carbocycles. The molecule has 3 aromatic heterocycles. The van der Waals surface area contributed by atoms with Gasteiger partial charge in [0, 0.05) is 60.5 Å². The third-order valence-corrected chi connectivity index (χ3v) is 8.12. The van der Waals surface area contributed by atoms with Crippen LogP contribution in [-0.4, -0.2) is 49.9 Å². The molecule has 3 fully saturated rings. The molecule has 3 aromatic rings. The maximum atomic E-state index is 13.9. The van der Waals surface area contributed by atoms with Crippen molar-refractivity contribution < 1.29 is 18.3 Å². The molecule has 0 bridgehead atoms. The number of hydrogen-bond acceptors (Lipinski definition) is 6. The van der Waals surface area contributed by atoms with Crippen molar-refractivity contribution in [2.45, 2.75) is 82.3 Å². The Kier molecular flexibility index (Phi) is 5.91. The summed E-state index contributed by atoms with van der Waals surface area (Å²) < 4.78 is 42.7. The van der Waals surface area contributed by atoms with Gasteiger partial charge in [-0.3, -0.25) is 18.9 Å². The monoisotopic (exact) mass is 499 g/mol. The van der Waals surface area contributed by atoms with E-state index in [4.69, 9.17) is 19.4 Å². The molecule has 0 amide bonds. The van der Waals surface area contributed by atoms with Gasteiger partial charge in [-0.25, -0.2) is 13.8 Å². The zero-order valence-corrected chi connectivity index (χ0v) is 20.6. The van der Waals surface area contributed by atoms with E-state index in [-0.39, 0.29) is 42.4 Å². The third kappa shape index (κ3) is 4.24. The van der Waals surface area contributed by atoms with Crippen molar-refractivity contribution in [1.29, 1.82) is 0 Å². The predicted octanol–water partition coefficient (Wildman–Crippen LogP) is 4.40. The molecule has 2 saturated heterocycles. The molecule has 1 saturated carbocycles. The van der Waals surface area contributed by atoms with E-state index in [9.17, 15) is 13.6 Å². The van der Waals surface area contributed by atoms with Crippen LogP contribution in [0.2, 0.25) is 0 Å². The number of halogens is 2. The van der Waals surface area contributed by atoms with Gasteiger partial charge in [0.15, 0.2) is 5.65 Å². The first-order chi connectivity index (χ1) is 17.3. The molecule has 36 heavy (non-hydrogen) atoms. The molecular formula is C26H31F2N5O3. The van der Waals surface area contributed by atoms with E-state index in [1.807, 2.05) is 24.0 Å². The molecule has 5 heterocycles. The number of nitrogens with zero attached hydrogens (tertiary/aromatic N) is 5. The lowest BCUT2D eigenvalue weighted by Gasteiger charge is -2.31. The lowest BCUT2D eigenvalue weighted by atomic mass is 9.84. The van der Waals surface area contributed by atoms with Gasteiger partial charge < -0.3 is 9.47 Å². The van der Waals surface area contributed by atoms with Crippen molar-refractivity contribution in [2.75, 3.05) is 19.8 Å². The number of hydrogen-bond donors (Lipinski definition) is 0. The van der Waals surface area contributed by atoms with Crippen LogP contribution in [0.1, 0.15) is 90.7 Å². The summed E-state index contributed by atoms with van der Waals surface area (Å²) in [6.07, 6.45) is 7.39. The van der Waals surface area contributed by atoms with Gasteiger partial charge in [0.05, 0.1) is 42.9 Å². The Bertz CT molecular complexity index is 1340. The highest BCUT2D eigenvalue weighted by Crippen LogP contribution is 2.42. The van der Waals surface area contributed by atoms with Gasteiger partial charge in [-0.2, -0.15) is 5.10 Å². The Balaban J connectivity index is 1.35. The van der Waals surface area contributed by atoms with E-state index in [1.54, 1.807) is 17.5 Å². The number of alkyl halides is 2. The highest BCUT2D eigenvalue weighted by atomic mass is 19.3. The zero-order valence-electron chi connectivity index (χ0n) is 20.6. The lowest BCUT2D eigenvalue weighted by molar-refractivity contribution is -0.0384. The van der Waals surface area contributed by atoms with Crippen molar-refractivity contribution in [2.24, 2.45) is 0 Å². The lowest BCUT2D eigenvalue weighted by Crippen LogP contribution is -2.30. The Labute approximate surface area is 207 Å². The molecule has 8 nitrogen and oxygen atoms in total. The Morgan fingerprint density at radius 3 is 2.56 bits per heavy atom. The maximum Gasteiger partial charge on any atom is 0.261 e. The number of aryl methyl sites for hydroxylation is 1. The summed E-state index contributed by atoms with van der Waals surface area (Å²) in [7, 11) is 0. The van der Waals surface area contributed by atoms with Gasteiger partial charge >= 0.3 is 0 Å². The largest absolute Gasteiger partial charge is 0.377 e. The molecule has 6 rings (SSSR count). The molecule has 0 unspecified atom stereocenters.